The molecule has 1 fully saturated rings. The Morgan fingerprint density at radius 1 is 1.24 bits per heavy atom. The average molecular weight is 469 g/mol. The average Bonchev–Trinajstić information content (AvgIpc) is 3.49. The van der Waals surface area contributed by atoms with E-state index in [1.807, 2.05) is 18.2 Å². The first kappa shape index (κ1) is 22.5. The SMILES string of the molecule is CC(C)Oc1ccc(-c2nc(-c3cccc4c3C[C@@H]3CC(=O)N(CCO)[C@H]43)no2)cc1C(F)F. The van der Waals surface area contributed by atoms with Gasteiger partial charge in [-0.1, -0.05) is 23.4 Å². The fourth-order valence-corrected chi connectivity index (χ4v) is 5.08. The predicted molar refractivity (Wildman–Crippen MR) is 119 cm³/mol. The van der Waals surface area contributed by atoms with Crippen molar-refractivity contribution in [2.75, 3.05) is 13.2 Å². The lowest BCUT2D eigenvalue weighted by Gasteiger charge is -2.24. The zero-order chi connectivity index (χ0) is 24.0. The second kappa shape index (κ2) is 8.79. The molecule has 2 aromatic carbocycles. The molecule has 1 N–H and O–H groups in total. The summed E-state index contributed by atoms with van der Waals surface area (Å²) in [4.78, 5) is 18.6. The molecule has 178 valence electrons. The number of β-amino-alcohol motifs (C(OH)–C–C–N with tert-alkyl or cyclic N) is 1. The van der Waals surface area contributed by atoms with Crippen molar-refractivity contribution in [3.8, 4) is 28.6 Å². The van der Waals surface area contributed by atoms with Gasteiger partial charge < -0.3 is 19.3 Å². The Morgan fingerprint density at radius 2 is 2.06 bits per heavy atom. The van der Waals surface area contributed by atoms with Gasteiger partial charge in [-0.05, 0) is 55.5 Å². The Bertz CT molecular complexity index is 1230. The molecule has 0 radical (unpaired) electrons. The van der Waals surface area contributed by atoms with Gasteiger partial charge >= 0.3 is 0 Å². The molecule has 5 rings (SSSR count). The van der Waals surface area contributed by atoms with E-state index in [1.165, 1.54) is 12.1 Å². The highest BCUT2D eigenvalue weighted by Gasteiger charge is 2.46. The van der Waals surface area contributed by atoms with E-state index in [0.29, 0.717) is 30.8 Å². The van der Waals surface area contributed by atoms with Crippen LogP contribution in [0.15, 0.2) is 40.9 Å². The fourth-order valence-electron chi connectivity index (χ4n) is 5.08. The van der Waals surface area contributed by atoms with E-state index < -0.39 is 6.43 Å². The van der Waals surface area contributed by atoms with Crippen molar-refractivity contribution in [2.24, 2.45) is 5.92 Å². The molecule has 3 aromatic rings. The summed E-state index contributed by atoms with van der Waals surface area (Å²) in [7, 11) is 0. The highest BCUT2D eigenvalue weighted by molar-refractivity contribution is 5.81. The number of carbonyl (C=O) groups is 1. The third kappa shape index (κ3) is 3.83. The summed E-state index contributed by atoms with van der Waals surface area (Å²) in [5.41, 5.74) is 3.03. The summed E-state index contributed by atoms with van der Waals surface area (Å²) in [6, 6.07) is 10.2. The van der Waals surface area contributed by atoms with Gasteiger partial charge in [0.1, 0.15) is 5.75 Å². The minimum Gasteiger partial charge on any atom is -0.491 e. The molecular formula is C25H25F2N3O4. The van der Waals surface area contributed by atoms with Gasteiger partial charge in [-0.15, -0.1) is 0 Å². The lowest BCUT2D eigenvalue weighted by atomic mass is 10.0. The third-order valence-electron chi connectivity index (χ3n) is 6.40. The standard InChI is InChI=1S/C25H25F2N3O4/c1-13(2)33-20-7-6-14(10-19(20)23(26)27)25-28-24(29-34-25)17-5-3-4-16-18(17)11-15-12-21(32)30(8-9-31)22(15)16/h3-7,10,13,15,22-23,31H,8-9,11-12H2,1-2H3/t15-,22+/m1/s1. The number of halogens is 2. The van der Waals surface area contributed by atoms with Crippen LogP contribution in [0, 0.1) is 5.92 Å². The molecule has 7 nitrogen and oxygen atoms in total. The smallest absolute Gasteiger partial charge is 0.267 e. The number of rotatable bonds is 7. The molecule has 0 spiro atoms. The highest BCUT2D eigenvalue weighted by Crippen LogP contribution is 2.49. The second-order valence-electron chi connectivity index (χ2n) is 8.94. The Morgan fingerprint density at radius 3 is 2.79 bits per heavy atom. The number of nitrogens with zero attached hydrogens (tertiary/aromatic N) is 3. The molecule has 34 heavy (non-hydrogen) atoms. The number of aromatic nitrogens is 2. The lowest BCUT2D eigenvalue weighted by Crippen LogP contribution is -2.30. The molecule has 1 aromatic heterocycles. The van der Waals surface area contributed by atoms with E-state index in [-0.39, 0.29) is 47.8 Å². The molecule has 0 unspecified atom stereocenters. The van der Waals surface area contributed by atoms with Gasteiger partial charge in [-0.3, -0.25) is 4.79 Å². The number of aliphatic hydroxyl groups excluding tert-OH is 1. The number of likely N-dealkylation sites (tertiary alicyclic amines) is 1. The first-order valence-electron chi connectivity index (χ1n) is 11.3. The maximum Gasteiger partial charge on any atom is 0.267 e. The van der Waals surface area contributed by atoms with Crippen molar-refractivity contribution in [3.63, 3.8) is 0 Å². The topological polar surface area (TPSA) is 88.7 Å². The maximum atomic E-state index is 13.6. The number of alkyl halides is 2. The zero-order valence-corrected chi connectivity index (χ0v) is 18.9. The van der Waals surface area contributed by atoms with E-state index in [0.717, 1.165) is 16.7 Å². The van der Waals surface area contributed by atoms with E-state index in [1.54, 1.807) is 24.8 Å². The second-order valence-corrected chi connectivity index (χ2v) is 8.94. The molecular weight excluding hydrogens is 444 g/mol. The van der Waals surface area contributed by atoms with Gasteiger partial charge in [0.25, 0.3) is 12.3 Å². The van der Waals surface area contributed by atoms with E-state index in [2.05, 4.69) is 10.1 Å². The number of fused-ring (bicyclic) bond motifs is 3. The molecule has 1 saturated heterocycles. The van der Waals surface area contributed by atoms with E-state index in [9.17, 15) is 18.7 Å². The van der Waals surface area contributed by atoms with Gasteiger partial charge in [0.05, 0.1) is 24.3 Å². The molecule has 1 amide bonds. The molecule has 1 aliphatic carbocycles. The zero-order valence-electron chi connectivity index (χ0n) is 18.9. The summed E-state index contributed by atoms with van der Waals surface area (Å²) >= 11 is 0. The number of hydrogen-bond donors (Lipinski definition) is 1. The minimum atomic E-state index is -2.71. The van der Waals surface area contributed by atoms with Crippen LogP contribution < -0.4 is 4.74 Å². The van der Waals surface area contributed by atoms with Crippen LogP contribution in [0.5, 0.6) is 5.75 Å². The quantitative estimate of drug-likeness (QED) is 0.546. The molecule has 2 aliphatic rings. The van der Waals surface area contributed by atoms with Crippen LogP contribution in [0.2, 0.25) is 0 Å². The number of hydrogen-bond acceptors (Lipinski definition) is 6. The van der Waals surface area contributed by atoms with Crippen LogP contribution in [-0.4, -0.2) is 45.3 Å². The first-order chi connectivity index (χ1) is 16.4. The van der Waals surface area contributed by atoms with E-state index >= 15 is 0 Å². The van der Waals surface area contributed by atoms with Gasteiger partial charge in [0.15, 0.2) is 0 Å². The van der Waals surface area contributed by atoms with Crippen LogP contribution in [-0.2, 0) is 11.2 Å². The minimum absolute atomic E-state index is 0.0571. The molecule has 2 heterocycles. The Hall–Kier alpha value is -3.33. The molecule has 2 atom stereocenters. The number of ether oxygens (including phenoxy) is 1. The largest absolute Gasteiger partial charge is 0.491 e. The van der Waals surface area contributed by atoms with Gasteiger partial charge in [-0.2, -0.15) is 4.98 Å². The Labute approximate surface area is 195 Å². The lowest BCUT2D eigenvalue weighted by molar-refractivity contribution is -0.129. The van der Waals surface area contributed by atoms with Crippen molar-refractivity contribution < 1.29 is 27.9 Å². The van der Waals surface area contributed by atoms with Crippen molar-refractivity contribution in [2.45, 2.75) is 45.3 Å². The van der Waals surface area contributed by atoms with Gasteiger partial charge in [-0.25, -0.2) is 8.78 Å². The van der Waals surface area contributed by atoms with Crippen molar-refractivity contribution in [1.29, 1.82) is 0 Å². The fraction of sp³-hybridized carbons (Fsp3) is 0.400. The van der Waals surface area contributed by atoms with Crippen LogP contribution in [0.4, 0.5) is 8.78 Å². The van der Waals surface area contributed by atoms with Crippen LogP contribution in [0.25, 0.3) is 22.8 Å². The van der Waals surface area contributed by atoms with Crippen molar-refractivity contribution in [1.82, 2.24) is 15.0 Å². The monoisotopic (exact) mass is 469 g/mol. The highest BCUT2D eigenvalue weighted by atomic mass is 19.3. The summed E-state index contributed by atoms with van der Waals surface area (Å²) in [5.74, 6) is 0.835. The molecule has 1 aliphatic heterocycles. The van der Waals surface area contributed by atoms with E-state index in [4.69, 9.17) is 9.26 Å². The summed E-state index contributed by atoms with van der Waals surface area (Å²) < 4.78 is 38.2. The van der Waals surface area contributed by atoms with Gasteiger partial charge in [0, 0.05) is 24.1 Å². The summed E-state index contributed by atoms with van der Waals surface area (Å²) in [5, 5.41) is 13.5. The van der Waals surface area contributed by atoms with Crippen LogP contribution in [0.1, 0.15) is 49.4 Å². The van der Waals surface area contributed by atoms with Crippen molar-refractivity contribution in [3.05, 3.63) is 53.1 Å². The molecule has 0 saturated carbocycles. The number of benzene rings is 2. The Kier molecular flexibility index (Phi) is 5.81. The molecule has 0 bridgehead atoms. The number of aliphatic hydroxyl groups is 1. The molecule has 9 heteroatoms. The number of amides is 1. The maximum absolute atomic E-state index is 13.6. The van der Waals surface area contributed by atoms with Crippen LogP contribution in [0.3, 0.4) is 0 Å². The van der Waals surface area contributed by atoms with Gasteiger partial charge in [0.2, 0.25) is 11.7 Å². The van der Waals surface area contributed by atoms with Crippen LogP contribution >= 0.6 is 0 Å². The summed E-state index contributed by atoms with van der Waals surface area (Å²) in [6.45, 7) is 3.77. The predicted octanol–water partition coefficient (Wildman–Crippen LogP) is 4.57. The third-order valence-corrected chi connectivity index (χ3v) is 6.40. The Balaban J connectivity index is 1.48. The normalized spacial score (nSPS) is 19.3. The summed E-state index contributed by atoms with van der Waals surface area (Å²) in [6.07, 6.45) is -1.80. The first-order valence-corrected chi connectivity index (χ1v) is 11.3. The van der Waals surface area contributed by atoms with Crippen molar-refractivity contribution >= 4 is 5.91 Å². The number of carbonyl (C=O) groups excluding carboxylic acids is 1.